The summed E-state index contributed by atoms with van der Waals surface area (Å²) in [6, 6.07) is 5.52. The first-order chi connectivity index (χ1) is 8.58. The molecule has 0 saturated carbocycles. The second-order valence-corrected chi connectivity index (χ2v) is 4.06. The molecule has 0 unspecified atom stereocenters. The quantitative estimate of drug-likeness (QED) is 0.778. The number of aromatic nitrogens is 2. The van der Waals surface area contributed by atoms with Crippen molar-refractivity contribution in [2.45, 2.75) is 27.4 Å². The van der Waals surface area contributed by atoms with Crippen molar-refractivity contribution in [1.82, 2.24) is 10.1 Å². The van der Waals surface area contributed by atoms with Crippen molar-refractivity contribution in [3.05, 3.63) is 46.6 Å². The van der Waals surface area contributed by atoms with Gasteiger partial charge in [-0.3, -0.25) is 0 Å². The molecule has 0 N–H and O–H groups in total. The molecule has 0 bridgehead atoms. The molecule has 0 atom stereocenters. The molecule has 2 aromatic rings. The van der Waals surface area contributed by atoms with Gasteiger partial charge in [0.25, 0.3) is 5.89 Å². The van der Waals surface area contributed by atoms with E-state index in [0.29, 0.717) is 17.3 Å². The van der Waals surface area contributed by atoms with E-state index in [9.17, 15) is 4.79 Å². The molecule has 2 rings (SSSR count). The van der Waals surface area contributed by atoms with Gasteiger partial charge in [-0.05, 0) is 38.0 Å². The second kappa shape index (κ2) is 5.00. The minimum Gasteiger partial charge on any atom is -0.452 e. The van der Waals surface area contributed by atoms with Crippen LogP contribution in [0.25, 0.3) is 0 Å². The monoisotopic (exact) mass is 246 g/mol. The summed E-state index contributed by atoms with van der Waals surface area (Å²) >= 11 is 0. The molecule has 0 aliphatic heterocycles. The van der Waals surface area contributed by atoms with Gasteiger partial charge in [0.05, 0.1) is 5.56 Å². The van der Waals surface area contributed by atoms with Gasteiger partial charge >= 0.3 is 5.97 Å². The lowest BCUT2D eigenvalue weighted by Gasteiger charge is -2.07. The Morgan fingerprint density at radius 3 is 2.78 bits per heavy atom. The fourth-order valence-corrected chi connectivity index (χ4v) is 1.58. The van der Waals surface area contributed by atoms with Gasteiger partial charge in [-0.1, -0.05) is 17.3 Å². The Kier molecular flexibility index (Phi) is 3.41. The van der Waals surface area contributed by atoms with Crippen LogP contribution in [0.2, 0.25) is 0 Å². The summed E-state index contributed by atoms with van der Waals surface area (Å²) in [7, 11) is 0. The van der Waals surface area contributed by atoms with Crippen LogP contribution in [0, 0.1) is 20.8 Å². The van der Waals surface area contributed by atoms with Crippen LogP contribution in [0.5, 0.6) is 0 Å². The van der Waals surface area contributed by atoms with Crippen LogP contribution in [0.3, 0.4) is 0 Å². The Morgan fingerprint density at radius 2 is 2.11 bits per heavy atom. The third-order valence-electron chi connectivity index (χ3n) is 2.72. The van der Waals surface area contributed by atoms with Crippen molar-refractivity contribution in [3.63, 3.8) is 0 Å². The van der Waals surface area contributed by atoms with Crippen molar-refractivity contribution in [2.24, 2.45) is 0 Å². The van der Waals surface area contributed by atoms with Gasteiger partial charge in [0.1, 0.15) is 0 Å². The van der Waals surface area contributed by atoms with Crippen LogP contribution >= 0.6 is 0 Å². The fraction of sp³-hybridized carbons (Fsp3) is 0.308. The number of ether oxygens (including phenoxy) is 1. The summed E-state index contributed by atoms with van der Waals surface area (Å²) in [6.07, 6.45) is 0. The lowest BCUT2D eigenvalue weighted by molar-refractivity contribution is 0.0429. The highest BCUT2D eigenvalue weighted by atomic mass is 16.6. The van der Waals surface area contributed by atoms with Gasteiger partial charge in [-0.15, -0.1) is 0 Å². The van der Waals surface area contributed by atoms with E-state index < -0.39 is 0 Å². The zero-order chi connectivity index (χ0) is 13.1. The SMILES string of the molecule is Cc1noc(COC(=O)c2cccc(C)c2C)n1. The first-order valence-electron chi connectivity index (χ1n) is 5.60. The summed E-state index contributed by atoms with van der Waals surface area (Å²) in [6.45, 7) is 5.54. The maximum Gasteiger partial charge on any atom is 0.338 e. The summed E-state index contributed by atoms with van der Waals surface area (Å²) < 4.78 is 9.99. The molecule has 0 radical (unpaired) electrons. The molecule has 5 nitrogen and oxygen atoms in total. The number of aryl methyl sites for hydroxylation is 2. The predicted molar refractivity (Wildman–Crippen MR) is 64.1 cm³/mol. The molecule has 5 heteroatoms. The highest BCUT2D eigenvalue weighted by molar-refractivity contribution is 5.91. The predicted octanol–water partition coefficient (Wildman–Crippen LogP) is 2.35. The third kappa shape index (κ3) is 2.56. The molecule has 1 aromatic carbocycles. The average Bonchev–Trinajstić information content (AvgIpc) is 2.76. The van der Waals surface area contributed by atoms with Gasteiger partial charge in [-0.2, -0.15) is 4.98 Å². The van der Waals surface area contributed by atoms with Crippen LogP contribution in [-0.4, -0.2) is 16.1 Å². The van der Waals surface area contributed by atoms with E-state index in [1.807, 2.05) is 26.0 Å². The van der Waals surface area contributed by atoms with Crippen LogP contribution < -0.4 is 0 Å². The van der Waals surface area contributed by atoms with E-state index >= 15 is 0 Å². The van der Waals surface area contributed by atoms with Gasteiger partial charge in [0.15, 0.2) is 12.4 Å². The summed E-state index contributed by atoms with van der Waals surface area (Å²) in [5, 5.41) is 3.62. The maximum atomic E-state index is 11.9. The van der Waals surface area contributed by atoms with E-state index in [-0.39, 0.29) is 12.6 Å². The first kappa shape index (κ1) is 12.3. The third-order valence-corrected chi connectivity index (χ3v) is 2.72. The zero-order valence-electron chi connectivity index (χ0n) is 10.6. The van der Waals surface area contributed by atoms with E-state index in [4.69, 9.17) is 9.26 Å². The highest BCUT2D eigenvalue weighted by Gasteiger charge is 2.13. The lowest BCUT2D eigenvalue weighted by atomic mass is 10.0. The van der Waals surface area contributed by atoms with Crippen LogP contribution in [0.4, 0.5) is 0 Å². The average molecular weight is 246 g/mol. The summed E-state index contributed by atoms with van der Waals surface area (Å²) in [5.74, 6) is 0.436. The van der Waals surface area contributed by atoms with Gasteiger partial charge in [0, 0.05) is 0 Å². The number of hydrogen-bond donors (Lipinski definition) is 0. The topological polar surface area (TPSA) is 65.2 Å². The molecule has 1 heterocycles. The van der Waals surface area contributed by atoms with Crippen LogP contribution in [0.15, 0.2) is 22.7 Å². The largest absolute Gasteiger partial charge is 0.452 e. The first-order valence-corrected chi connectivity index (χ1v) is 5.60. The molecule has 94 valence electrons. The maximum absolute atomic E-state index is 11.9. The van der Waals surface area contributed by atoms with E-state index in [0.717, 1.165) is 11.1 Å². The van der Waals surface area contributed by atoms with Crippen molar-refractivity contribution in [1.29, 1.82) is 0 Å². The van der Waals surface area contributed by atoms with Gasteiger partial charge in [0.2, 0.25) is 0 Å². The number of benzene rings is 1. The van der Waals surface area contributed by atoms with Gasteiger partial charge in [-0.25, -0.2) is 4.79 Å². The standard InChI is InChI=1S/C13H14N2O3/c1-8-5-4-6-11(9(8)2)13(16)17-7-12-14-10(3)15-18-12/h4-6H,7H2,1-3H3. The molecule has 0 aliphatic carbocycles. The molecule has 0 aliphatic rings. The molecular formula is C13H14N2O3. The number of carbonyl (C=O) groups excluding carboxylic acids is 1. The summed E-state index contributed by atoms with van der Waals surface area (Å²) in [5.41, 5.74) is 2.54. The number of hydrogen-bond acceptors (Lipinski definition) is 5. The zero-order valence-corrected chi connectivity index (χ0v) is 10.6. The molecular weight excluding hydrogens is 232 g/mol. The minimum atomic E-state index is -0.382. The van der Waals surface area contributed by atoms with Crippen LogP contribution in [-0.2, 0) is 11.3 Å². The van der Waals surface area contributed by atoms with E-state index in [1.165, 1.54) is 0 Å². The minimum absolute atomic E-state index is 0.00689. The fourth-order valence-electron chi connectivity index (χ4n) is 1.58. The van der Waals surface area contributed by atoms with Crippen molar-refractivity contribution >= 4 is 5.97 Å². The number of nitrogens with zero attached hydrogens (tertiary/aromatic N) is 2. The Balaban J connectivity index is 2.06. The Bertz CT molecular complexity index is 575. The van der Waals surface area contributed by atoms with Crippen molar-refractivity contribution in [2.75, 3.05) is 0 Å². The highest BCUT2D eigenvalue weighted by Crippen LogP contribution is 2.14. The summed E-state index contributed by atoms with van der Waals surface area (Å²) in [4.78, 5) is 15.8. The molecule has 0 spiro atoms. The van der Waals surface area contributed by atoms with Gasteiger partial charge < -0.3 is 9.26 Å². The molecule has 0 fully saturated rings. The Morgan fingerprint density at radius 1 is 1.33 bits per heavy atom. The molecule has 0 saturated heterocycles. The van der Waals surface area contributed by atoms with E-state index in [2.05, 4.69) is 10.1 Å². The lowest BCUT2D eigenvalue weighted by Crippen LogP contribution is -2.08. The van der Waals surface area contributed by atoms with Crippen molar-refractivity contribution in [3.8, 4) is 0 Å². The number of esters is 1. The number of rotatable bonds is 3. The molecule has 1 aromatic heterocycles. The van der Waals surface area contributed by atoms with Crippen LogP contribution in [0.1, 0.15) is 33.2 Å². The molecule has 18 heavy (non-hydrogen) atoms. The Labute approximate surface area is 105 Å². The van der Waals surface area contributed by atoms with E-state index in [1.54, 1.807) is 13.0 Å². The normalized spacial score (nSPS) is 10.4. The second-order valence-electron chi connectivity index (χ2n) is 4.06. The van der Waals surface area contributed by atoms with Crippen molar-refractivity contribution < 1.29 is 14.1 Å². The molecule has 0 amide bonds. The number of carbonyl (C=O) groups is 1. The Hall–Kier alpha value is -2.17. The smallest absolute Gasteiger partial charge is 0.338 e.